The van der Waals surface area contributed by atoms with Crippen LogP contribution in [0.4, 0.5) is 5.13 Å². The highest BCUT2D eigenvalue weighted by molar-refractivity contribution is 7.15. The molecular weight excluding hydrogens is 302 g/mol. The number of hydrogen-bond acceptors (Lipinski definition) is 8. The number of halogens is 1. The van der Waals surface area contributed by atoms with Crippen LogP contribution in [-0.4, -0.2) is 39.7 Å². The molecule has 1 saturated heterocycles. The Morgan fingerprint density at radius 2 is 2.40 bits per heavy atom. The fourth-order valence-electron chi connectivity index (χ4n) is 2.06. The summed E-state index contributed by atoms with van der Waals surface area (Å²) in [6.45, 7) is 4.89. The summed E-state index contributed by atoms with van der Waals surface area (Å²) in [7, 11) is 0. The lowest BCUT2D eigenvalue weighted by atomic mass is 10.2. The van der Waals surface area contributed by atoms with Gasteiger partial charge in [0.25, 0.3) is 0 Å². The molecule has 7 nitrogen and oxygen atoms in total. The molecule has 0 aliphatic carbocycles. The first-order valence-corrected chi connectivity index (χ1v) is 6.86. The first kappa shape index (κ1) is 15.2. The summed E-state index contributed by atoms with van der Waals surface area (Å²) in [5, 5.41) is 4.52. The van der Waals surface area contributed by atoms with Crippen molar-refractivity contribution in [2.45, 2.75) is 19.6 Å². The van der Waals surface area contributed by atoms with Crippen molar-refractivity contribution in [1.29, 1.82) is 0 Å². The van der Waals surface area contributed by atoms with E-state index in [0.717, 1.165) is 24.5 Å². The minimum Gasteiger partial charge on any atom is -0.375 e. The van der Waals surface area contributed by atoms with Crippen LogP contribution >= 0.6 is 23.7 Å². The summed E-state index contributed by atoms with van der Waals surface area (Å²) in [6.07, 6.45) is 1.69. The molecule has 2 aromatic rings. The number of morpholine rings is 1. The van der Waals surface area contributed by atoms with Crippen molar-refractivity contribution in [3.05, 3.63) is 22.8 Å². The molecule has 0 radical (unpaired) electrons. The van der Waals surface area contributed by atoms with Crippen molar-refractivity contribution in [1.82, 2.24) is 20.0 Å². The summed E-state index contributed by atoms with van der Waals surface area (Å²) in [6, 6.07) is 0. The highest BCUT2D eigenvalue weighted by Gasteiger charge is 2.26. The van der Waals surface area contributed by atoms with Crippen LogP contribution < -0.4 is 5.73 Å². The van der Waals surface area contributed by atoms with E-state index in [1.807, 2.05) is 6.20 Å². The van der Waals surface area contributed by atoms with Crippen molar-refractivity contribution in [2.75, 3.05) is 25.4 Å². The average Bonchev–Trinajstić information content (AvgIpc) is 2.99. The average molecular weight is 318 g/mol. The van der Waals surface area contributed by atoms with E-state index in [4.69, 9.17) is 15.0 Å². The molecule has 2 N–H and O–H groups in total. The van der Waals surface area contributed by atoms with Gasteiger partial charge in [-0.3, -0.25) is 4.90 Å². The van der Waals surface area contributed by atoms with Gasteiger partial charge in [0.2, 0.25) is 11.7 Å². The van der Waals surface area contributed by atoms with Gasteiger partial charge in [-0.25, -0.2) is 4.98 Å². The highest BCUT2D eigenvalue weighted by atomic mass is 35.5. The van der Waals surface area contributed by atoms with Crippen LogP contribution in [0.15, 0.2) is 10.7 Å². The fraction of sp³-hybridized carbons (Fsp3) is 0.545. The molecule has 0 aromatic carbocycles. The molecule has 3 heterocycles. The number of anilines is 1. The number of nitrogens with zero attached hydrogens (tertiary/aromatic N) is 4. The summed E-state index contributed by atoms with van der Waals surface area (Å²) in [5.41, 5.74) is 5.64. The molecule has 0 bridgehead atoms. The molecule has 9 heteroatoms. The van der Waals surface area contributed by atoms with Crippen molar-refractivity contribution in [3.8, 4) is 0 Å². The molecule has 0 saturated carbocycles. The van der Waals surface area contributed by atoms with E-state index in [-0.39, 0.29) is 18.5 Å². The Morgan fingerprint density at radius 1 is 1.55 bits per heavy atom. The lowest BCUT2D eigenvalue weighted by Gasteiger charge is -2.30. The van der Waals surface area contributed by atoms with Gasteiger partial charge in [-0.2, -0.15) is 4.98 Å². The van der Waals surface area contributed by atoms with Crippen LogP contribution in [-0.2, 0) is 11.3 Å². The molecule has 1 fully saturated rings. The van der Waals surface area contributed by atoms with E-state index in [1.165, 1.54) is 11.3 Å². The number of rotatable bonds is 3. The molecule has 2 aromatic heterocycles. The number of aryl methyl sites for hydroxylation is 1. The first-order chi connectivity index (χ1) is 9.20. The monoisotopic (exact) mass is 317 g/mol. The topological polar surface area (TPSA) is 90.3 Å². The van der Waals surface area contributed by atoms with E-state index in [0.29, 0.717) is 23.5 Å². The molecule has 110 valence electrons. The summed E-state index contributed by atoms with van der Waals surface area (Å²) in [5.74, 6) is 1.18. The van der Waals surface area contributed by atoms with Gasteiger partial charge >= 0.3 is 0 Å². The molecular formula is C11H16ClN5O2S. The number of ether oxygens (including phenoxy) is 1. The standard InChI is InChI=1S/C11H15N5O2S.ClH/c1-7-14-10(15-18-7)9-6-16(2-3-17-9)5-8-4-13-11(12)19-8;/h4,9H,2-3,5-6H2,1H3,(H2,12,13);1H. The van der Waals surface area contributed by atoms with Crippen molar-refractivity contribution < 1.29 is 9.26 Å². The van der Waals surface area contributed by atoms with Crippen LogP contribution in [0.5, 0.6) is 0 Å². The van der Waals surface area contributed by atoms with Gasteiger partial charge < -0.3 is 15.0 Å². The Labute approximate surface area is 126 Å². The van der Waals surface area contributed by atoms with Crippen molar-refractivity contribution in [2.24, 2.45) is 0 Å². The highest BCUT2D eigenvalue weighted by Crippen LogP contribution is 2.23. The van der Waals surface area contributed by atoms with E-state index in [2.05, 4.69) is 20.0 Å². The van der Waals surface area contributed by atoms with Crippen LogP contribution in [0.1, 0.15) is 22.7 Å². The minimum absolute atomic E-state index is 0. The van der Waals surface area contributed by atoms with Gasteiger partial charge in [-0.15, -0.1) is 23.7 Å². The summed E-state index contributed by atoms with van der Waals surface area (Å²) < 4.78 is 10.7. The van der Waals surface area contributed by atoms with Gasteiger partial charge in [0.15, 0.2) is 5.13 Å². The van der Waals surface area contributed by atoms with Crippen LogP contribution in [0, 0.1) is 6.92 Å². The van der Waals surface area contributed by atoms with E-state index in [9.17, 15) is 0 Å². The van der Waals surface area contributed by atoms with E-state index < -0.39 is 0 Å². The quantitative estimate of drug-likeness (QED) is 0.915. The number of nitrogen functional groups attached to an aromatic ring is 1. The normalized spacial score (nSPS) is 19.8. The Morgan fingerprint density at radius 3 is 3.05 bits per heavy atom. The van der Waals surface area contributed by atoms with Crippen LogP contribution in [0.3, 0.4) is 0 Å². The summed E-state index contributed by atoms with van der Waals surface area (Å²) in [4.78, 5) is 11.7. The van der Waals surface area contributed by atoms with Crippen molar-refractivity contribution >= 4 is 28.9 Å². The number of thiazole rings is 1. The van der Waals surface area contributed by atoms with Gasteiger partial charge in [0.1, 0.15) is 6.10 Å². The molecule has 1 aliphatic rings. The minimum atomic E-state index is -0.128. The van der Waals surface area contributed by atoms with Gasteiger partial charge in [-0.05, 0) is 0 Å². The summed E-state index contributed by atoms with van der Waals surface area (Å²) >= 11 is 1.52. The molecule has 1 unspecified atom stereocenters. The first-order valence-electron chi connectivity index (χ1n) is 6.05. The maximum absolute atomic E-state index is 5.69. The second-order valence-corrected chi connectivity index (χ2v) is 5.58. The fourth-order valence-corrected chi connectivity index (χ4v) is 2.79. The maximum atomic E-state index is 5.69. The van der Waals surface area contributed by atoms with Crippen LogP contribution in [0.25, 0.3) is 0 Å². The molecule has 1 atom stereocenters. The zero-order chi connectivity index (χ0) is 13.2. The van der Waals surface area contributed by atoms with Gasteiger partial charge in [0.05, 0.1) is 6.61 Å². The SMILES string of the molecule is Cc1nc(C2CN(Cc3cnc(N)s3)CCO2)no1.Cl. The second-order valence-electron chi connectivity index (χ2n) is 4.43. The third-order valence-electron chi connectivity index (χ3n) is 2.93. The lowest BCUT2D eigenvalue weighted by molar-refractivity contribution is -0.0377. The second kappa shape index (κ2) is 6.49. The zero-order valence-electron chi connectivity index (χ0n) is 11.0. The molecule has 0 amide bonds. The Balaban J connectivity index is 0.00000147. The Hall–Kier alpha value is -1.22. The molecule has 1 aliphatic heterocycles. The predicted octanol–water partition coefficient (Wildman–Crippen LogP) is 1.41. The zero-order valence-corrected chi connectivity index (χ0v) is 12.6. The third kappa shape index (κ3) is 3.45. The Bertz CT molecular complexity index is 561. The largest absolute Gasteiger partial charge is 0.375 e. The van der Waals surface area contributed by atoms with E-state index in [1.54, 1.807) is 6.92 Å². The molecule has 3 rings (SSSR count). The van der Waals surface area contributed by atoms with Gasteiger partial charge in [0, 0.05) is 37.6 Å². The Kier molecular flexibility index (Phi) is 4.92. The van der Waals surface area contributed by atoms with Crippen molar-refractivity contribution in [3.63, 3.8) is 0 Å². The molecule has 20 heavy (non-hydrogen) atoms. The van der Waals surface area contributed by atoms with Crippen LogP contribution in [0.2, 0.25) is 0 Å². The lowest BCUT2D eigenvalue weighted by Crippen LogP contribution is -2.38. The third-order valence-corrected chi connectivity index (χ3v) is 3.74. The predicted molar refractivity (Wildman–Crippen MR) is 76.8 cm³/mol. The number of hydrogen-bond donors (Lipinski definition) is 1. The number of nitrogens with two attached hydrogens (primary N) is 1. The van der Waals surface area contributed by atoms with E-state index >= 15 is 0 Å². The number of aromatic nitrogens is 3. The smallest absolute Gasteiger partial charge is 0.223 e. The maximum Gasteiger partial charge on any atom is 0.223 e. The molecule has 0 spiro atoms. The van der Waals surface area contributed by atoms with Gasteiger partial charge in [-0.1, -0.05) is 5.16 Å².